The molecule has 0 saturated carbocycles. The Morgan fingerprint density at radius 3 is 2.50 bits per heavy atom. The summed E-state index contributed by atoms with van der Waals surface area (Å²) >= 11 is 0. The summed E-state index contributed by atoms with van der Waals surface area (Å²) < 4.78 is 0. The highest BCUT2D eigenvalue weighted by Gasteiger charge is 1.84. The third kappa shape index (κ3) is 2.19. The van der Waals surface area contributed by atoms with E-state index in [2.05, 4.69) is 49.0 Å². The Hall–Kier alpha value is -0.823. The van der Waals surface area contributed by atoms with Crippen molar-refractivity contribution < 1.29 is 0 Å². The fourth-order valence-electron chi connectivity index (χ4n) is 0.868. The van der Waals surface area contributed by atoms with E-state index in [9.17, 15) is 0 Å². The van der Waals surface area contributed by atoms with Crippen molar-refractivity contribution in [2.75, 3.05) is 0 Å². The third-order valence-corrected chi connectivity index (χ3v) is 3.08. The zero-order valence-corrected chi connectivity index (χ0v) is 7.66. The molecule has 52 valence electrons. The van der Waals surface area contributed by atoms with Crippen molar-refractivity contribution >= 4 is 14.7 Å². The van der Waals surface area contributed by atoms with Crippen LogP contribution < -0.4 is 5.19 Å². The van der Waals surface area contributed by atoms with Crippen LogP contribution in [-0.4, -0.2) is 9.52 Å². The summed E-state index contributed by atoms with van der Waals surface area (Å²) in [6.45, 7) is 2.08. The molecule has 0 spiro atoms. The Morgan fingerprint density at radius 2 is 1.90 bits per heavy atom. The molecule has 0 aliphatic rings. The SMILES string of the molecule is CC=C[SiH2]c1ccccc1. The van der Waals surface area contributed by atoms with Gasteiger partial charge < -0.3 is 0 Å². The summed E-state index contributed by atoms with van der Waals surface area (Å²) in [5.74, 6) is 0. The second-order valence-electron chi connectivity index (χ2n) is 2.26. The lowest BCUT2D eigenvalue weighted by Crippen LogP contribution is -2.09. The molecule has 0 aliphatic heterocycles. The van der Waals surface area contributed by atoms with Crippen molar-refractivity contribution in [1.29, 1.82) is 0 Å². The number of rotatable bonds is 2. The maximum absolute atomic E-state index is 2.30. The molecule has 0 unspecified atom stereocenters. The molecule has 0 aromatic heterocycles. The molecular formula is C9H12Si. The fourth-order valence-corrected chi connectivity index (χ4v) is 1.92. The molecule has 0 heterocycles. The first-order valence-corrected chi connectivity index (χ1v) is 5.11. The Balaban J connectivity index is 2.59. The van der Waals surface area contributed by atoms with Crippen LogP contribution in [0.3, 0.4) is 0 Å². The molecular weight excluding hydrogens is 136 g/mol. The minimum Gasteiger partial charge on any atom is -0.100 e. The van der Waals surface area contributed by atoms with E-state index >= 15 is 0 Å². The number of benzene rings is 1. The average Bonchev–Trinajstić information content (AvgIpc) is 2.03. The van der Waals surface area contributed by atoms with E-state index in [0.717, 1.165) is 0 Å². The zero-order chi connectivity index (χ0) is 7.23. The van der Waals surface area contributed by atoms with E-state index < -0.39 is 0 Å². The van der Waals surface area contributed by atoms with Crippen molar-refractivity contribution in [3.8, 4) is 0 Å². The van der Waals surface area contributed by atoms with Gasteiger partial charge in [0.05, 0.1) is 9.52 Å². The van der Waals surface area contributed by atoms with Crippen molar-refractivity contribution in [3.05, 3.63) is 42.1 Å². The third-order valence-electron chi connectivity index (χ3n) is 1.43. The van der Waals surface area contributed by atoms with Gasteiger partial charge in [0.2, 0.25) is 0 Å². The first-order valence-electron chi connectivity index (χ1n) is 3.58. The van der Waals surface area contributed by atoms with Crippen LogP contribution in [0.5, 0.6) is 0 Å². The van der Waals surface area contributed by atoms with Crippen LogP contribution in [0.4, 0.5) is 0 Å². The van der Waals surface area contributed by atoms with Gasteiger partial charge in [-0.1, -0.05) is 41.6 Å². The fraction of sp³-hybridized carbons (Fsp3) is 0.111. The molecule has 0 N–H and O–H groups in total. The van der Waals surface area contributed by atoms with Gasteiger partial charge in [0, 0.05) is 0 Å². The summed E-state index contributed by atoms with van der Waals surface area (Å²) in [6, 6.07) is 10.7. The summed E-state index contributed by atoms with van der Waals surface area (Å²) in [7, 11) is -0.0920. The van der Waals surface area contributed by atoms with E-state index in [-0.39, 0.29) is 9.52 Å². The van der Waals surface area contributed by atoms with Gasteiger partial charge >= 0.3 is 0 Å². The van der Waals surface area contributed by atoms with E-state index in [1.165, 1.54) is 5.19 Å². The second-order valence-corrected chi connectivity index (χ2v) is 3.95. The maximum atomic E-state index is 2.30. The molecule has 0 nitrogen and oxygen atoms in total. The van der Waals surface area contributed by atoms with Gasteiger partial charge in [0.25, 0.3) is 0 Å². The average molecular weight is 148 g/mol. The lowest BCUT2D eigenvalue weighted by molar-refractivity contribution is 1.75. The number of allylic oxidation sites excluding steroid dienone is 1. The van der Waals surface area contributed by atoms with Crippen LogP contribution in [0, 0.1) is 0 Å². The first-order chi connectivity index (χ1) is 4.93. The molecule has 1 aromatic rings. The lowest BCUT2D eigenvalue weighted by atomic mass is 10.4. The summed E-state index contributed by atoms with van der Waals surface area (Å²) in [4.78, 5) is 0. The molecule has 0 atom stereocenters. The monoisotopic (exact) mass is 148 g/mol. The minimum atomic E-state index is -0.0920. The molecule has 0 radical (unpaired) electrons. The summed E-state index contributed by atoms with van der Waals surface area (Å²) in [6.07, 6.45) is 2.14. The van der Waals surface area contributed by atoms with Crippen LogP contribution in [-0.2, 0) is 0 Å². The molecule has 0 fully saturated rings. The van der Waals surface area contributed by atoms with Crippen molar-refractivity contribution in [3.63, 3.8) is 0 Å². The highest BCUT2D eigenvalue weighted by atomic mass is 28.2. The van der Waals surface area contributed by atoms with Gasteiger partial charge in [0.15, 0.2) is 0 Å². The molecule has 1 aromatic carbocycles. The zero-order valence-electron chi connectivity index (χ0n) is 6.25. The molecule has 0 bridgehead atoms. The number of hydrogen-bond acceptors (Lipinski definition) is 0. The van der Waals surface area contributed by atoms with E-state index in [1.807, 2.05) is 0 Å². The van der Waals surface area contributed by atoms with E-state index in [1.54, 1.807) is 0 Å². The predicted octanol–water partition coefficient (Wildman–Crippen LogP) is 1.01. The summed E-state index contributed by atoms with van der Waals surface area (Å²) in [5, 5.41) is 1.51. The van der Waals surface area contributed by atoms with Crippen molar-refractivity contribution in [2.45, 2.75) is 6.92 Å². The van der Waals surface area contributed by atoms with E-state index in [0.29, 0.717) is 0 Å². The Bertz CT molecular complexity index is 201. The standard InChI is InChI=1S/C9H12Si/c1-2-8-10-9-6-4-3-5-7-9/h2-8H,10H2,1H3. The van der Waals surface area contributed by atoms with Gasteiger partial charge in [-0.2, -0.15) is 0 Å². The highest BCUT2D eigenvalue weighted by molar-refractivity contribution is 6.58. The molecule has 0 saturated heterocycles. The Morgan fingerprint density at radius 1 is 1.20 bits per heavy atom. The minimum absolute atomic E-state index is 0.0920. The number of hydrogen-bond donors (Lipinski definition) is 0. The van der Waals surface area contributed by atoms with Gasteiger partial charge in [-0.25, -0.2) is 0 Å². The Labute approximate surface area is 64.4 Å². The molecule has 0 amide bonds. The molecule has 1 rings (SSSR count). The van der Waals surface area contributed by atoms with Gasteiger partial charge in [0.1, 0.15) is 0 Å². The van der Waals surface area contributed by atoms with Crippen molar-refractivity contribution in [2.24, 2.45) is 0 Å². The largest absolute Gasteiger partial charge is 0.100 e. The molecule has 0 aliphatic carbocycles. The summed E-state index contributed by atoms with van der Waals surface area (Å²) in [5.41, 5.74) is 2.30. The van der Waals surface area contributed by atoms with Crippen LogP contribution in [0.1, 0.15) is 6.92 Å². The van der Waals surface area contributed by atoms with Crippen molar-refractivity contribution in [1.82, 2.24) is 0 Å². The quantitative estimate of drug-likeness (QED) is 0.549. The van der Waals surface area contributed by atoms with Crippen LogP contribution >= 0.6 is 0 Å². The highest BCUT2D eigenvalue weighted by Crippen LogP contribution is 1.81. The predicted molar refractivity (Wildman–Crippen MR) is 49.4 cm³/mol. The molecule has 10 heavy (non-hydrogen) atoms. The first kappa shape index (κ1) is 7.29. The second kappa shape index (κ2) is 4.07. The normalized spacial score (nSPS) is 11.7. The van der Waals surface area contributed by atoms with Gasteiger partial charge in [-0.15, -0.1) is 5.70 Å². The van der Waals surface area contributed by atoms with Gasteiger partial charge in [-0.05, 0) is 6.92 Å². The van der Waals surface area contributed by atoms with E-state index in [4.69, 9.17) is 0 Å². The van der Waals surface area contributed by atoms with Crippen LogP contribution in [0.15, 0.2) is 42.1 Å². The lowest BCUT2D eigenvalue weighted by Gasteiger charge is -1.91. The van der Waals surface area contributed by atoms with Crippen LogP contribution in [0.25, 0.3) is 0 Å². The molecule has 1 heteroatoms. The topological polar surface area (TPSA) is 0 Å². The maximum Gasteiger partial charge on any atom is 0.0779 e. The van der Waals surface area contributed by atoms with Gasteiger partial charge in [-0.3, -0.25) is 0 Å². The smallest absolute Gasteiger partial charge is 0.0779 e. The van der Waals surface area contributed by atoms with Crippen LogP contribution in [0.2, 0.25) is 0 Å². The Kier molecular flexibility index (Phi) is 2.96.